The summed E-state index contributed by atoms with van der Waals surface area (Å²) < 4.78 is 12.6. The van der Waals surface area contributed by atoms with Crippen molar-refractivity contribution in [1.82, 2.24) is 0 Å². The van der Waals surface area contributed by atoms with Crippen LogP contribution >= 0.6 is 0 Å². The third-order valence-corrected chi connectivity index (χ3v) is 10.5. The molecule has 7 aromatic carbocycles. The SMILES string of the molecule is C/C=C\C.C/C=C\C.C=C/C(=C\C=C/C)c1cccc(-c2ccc3oc4ccc(-c5cccc(-c6ccc7oc8ccc(-c9ccccc9)cc8c7c6)c5)cc4c3c2)c1. The molecule has 0 saturated carbocycles. The van der Waals surface area contributed by atoms with Gasteiger partial charge in [0.1, 0.15) is 22.3 Å². The summed E-state index contributed by atoms with van der Waals surface area (Å²) in [4.78, 5) is 0. The molecule has 0 saturated heterocycles. The van der Waals surface area contributed by atoms with Crippen molar-refractivity contribution in [3.8, 4) is 44.5 Å². The van der Waals surface area contributed by atoms with Gasteiger partial charge in [0.15, 0.2) is 0 Å². The summed E-state index contributed by atoms with van der Waals surface area (Å²) in [6.07, 6.45) is 16.1. The van der Waals surface area contributed by atoms with Gasteiger partial charge >= 0.3 is 0 Å². The summed E-state index contributed by atoms with van der Waals surface area (Å²) in [7, 11) is 0. The maximum Gasteiger partial charge on any atom is 0.135 e. The van der Waals surface area contributed by atoms with Gasteiger partial charge < -0.3 is 8.83 Å². The Hall–Kier alpha value is -7.16. The Bertz CT molecular complexity index is 2980. The number of hydrogen-bond acceptors (Lipinski definition) is 2. The van der Waals surface area contributed by atoms with Crippen molar-refractivity contribution < 1.29 is 8.83 Å². The normalized spacial score (nSPS) is 11.8. The van der Waals surface area contributed by atoms with Crippen molar-refractivity contribution in [3.05, 3.63) is 212 Å². The van der Waals surface area contributed by atoms with Crippen LogP contribution in [-0.4, -0.2) is 0 Å². The second-order valence-electron chi connectivity index (χ2n) is 14.3. The van der Waals surface area contributed by atoms with Gasteiger partial charge in [-0.3, -0.25) is 0 Å². The van der Waals surface area contributed by atoms with E-state index in [-0.39, 0.29) is 0 Å². The van der Waals surface area contributed by atoms with E-state index in [0.29, 0.717) is 0 Å². The Morgan fingerprint density at radius 2 is 0.746 bits per heavy atom. The smallest absolute Gasteiger partial charge is 0.135 e. The molecule has 59 heavy (non-hydrogen) atoms. The van der Waals surface area contributed by atoms with Crippen LogP contribution in [0.15, 0.2) is 216 Å². The molecule has 0 aliphatic carbocycles. The van der Waals surface area contributed by atoms with Crippen LogP contribution in [0.1, 0.15) is 40.2 Å². The van der Waals surface area contributed by atoms with E-state index in [1.165, 1.54) is 11.1 Å². The van der Waals surface area contributed by atoms with E-state index in [0.717, 1.165) is 88.4 Å². The second-order valence-corrected chi connectivity index (χ2v) is 14.3. The van der Waals surface area contributed by atoms with Crippen LogP contribution in [0.2, 0.25) is 0 Å². The highest BCUT2D eigenvalue weighted by Crippen LogP contribution is 2.38. The first-order chi connectivity index (χ1) is 29.0. The minimum Gasteiger partial charge on any atom is -0.456 e. The lowest BCUT2D eigenvalue weighted by Crippen LogP contribution is -1.84. The molecule has 0 fully saturated rings. The van der Waals surface area contributed by atoms with Crippen molar-refractivity contribution in [2.24, 2.45) is 0 Å². The summed E-state index contributed by atoms with van der Waals surface area (Å²) in [5, 5.41) is 4.45. The molecule has 9 rings (SSSR count). The van der Waals surface area contributed by atoms with E-state index in [1.54, 1.807) is 0 Å². The number of furan rings is 2. The average Bonchev–Trinajstić information content (AvgIpc) is 3.86. The maximum absolute atomic E-state index is 6.32. The highest BCUT2D eigenvalue weighted by molar-refractivity contribution is 6.09. The highest BCUT2D eigenvalue weighted by Gasteiger charge is 2.13. The van der Waals surface area contributed by atoms with Crippen LogP contribution in [0.4, 0.5) is 0 Å². The van der Waals surface area contributed by atoms with Crippen molar-refractivity contribution in [2.75, 3.05) is 0 Å². The van der Waals surface area contributed by atoms with Crippen molar-refractivity contribution in [2.45, 2.75) is 34.6 Å². The van der Waals surface area contributed by atoms with Crippen LogP contribution < -0.4 is 0 Å². The van der Waals surface area contributed by atoms with Crippen LogP contribution in [0.5, 0.6) is 0 Å². The molecule has 0 radical (unpaired) electrons. The Morgan fingerprint density at radius 3 is 1.15 bits per heavy atom. The predicted octanol–water partition coefficient (Wildman–Crippen LogP) is 17.5. The van der Waals surface area contributed by atoms with Gasteiger partial charge in [-0.15, -0.1) is 0 Å². The van der Waals surface area contributed by atoms with E-state index in [2.05, 4.69) is 158 Å². The van der Waals surface area contributed by atoms with Crippen LogP contribution in [0, 0.1) is 0 Å². The Balaban J connectivity index is 0.000000608. The van der Waals surface area contributed by atoms with Gasteiger partial charge in [-0.1, -0.05) is 146 Å². The molecule has 0 N–H and O–H groups in total. The van der Waals surface area contributed by atoms with E-state index in [9.17, 15) is 0 Å². The van der Waals surface area contributed by atoms with Gasteiger partial charge in [0.25, 0.3) is 0 Å². The Kier molecular flexibility index (Phi) is 12.8. The lowest BCUT2D eigenvalue weighted by Gasteiger charge is -2.08. The number of hydrogen-bond donors (Lipinski definition) is 0. The zero-order valence-corrected chi connectivity index (χ0v) is 34.6. The quantitative estimate of drug-likeness (QED) is 0.119. The van der Waals surface area contributed by atoms with Gasteiger partial charge in [-0.2, -0.15) is 0 Å². The molecule has 290 valence electrons. The lowest BCUT2D eigenvalue weighted by molar-refractivity contribution is 0.668. The lowest BCUT2D eigenvalue weighted by atomic mass is 9.96. The number of fused-ring (bicyclic) bond motifs is 6. The number of rotatable bonds is 7. The Labute approximate surface area is 348 Å². The zero-order valence-electron chi connectivity index (χ0n) is 34.6. The molecule has 2 heterocycles. The van der Waals surface area contributed by atoms with Gasteiger partial charge in [-0.25, -0.2) is 0 Å². The van der Waals surface area contributed by atoms with Crippen LogP contribution in [0.3, 0.4) is 0 Å². The molecule has 0 amide bonds. The van der Waals surface area contributed by atoms with Crippen molar-refractivity contribution in [3.63, 3.8) is 0 Å². The number of allylic oxidation sites excluding steroid dienone is 9. The summed E-state index contributed by atoms with van der Waals surface area (Å²) in [5.74, 6) is 0. The summed E-state index contributed by atoms with van der Waals surface area (Å²) in [6.45, 7) is 14.0. The largest absolute Gasteiger partial charge is 0.456 e. The maximum atomic E-state index is 6.32. The highest BCUT2D eigenvalue weighted by atomic mass is 16.3. The molecule has 2 nitrogen and oxygen atoms in total. The van der Waals surface area contributed by atoms with Gasteiger partial charge in [0.05, 0.1) is 0 Å². The third kappa shape index (κ3) is 8.88. The van der Waals surface area contributed by atoms with Gasteiger partial charge in [-0.05, 0) is 151 Å². The molecule has 0 spiro atoms. The fraction of sp³-hybridized carbons (Fsp3) is 0.0877. The number of benzene rings is 7. The van der Waals surface area contributed by atoms with E-state index in [1.807, 2.05) is 83.2 Å². The molecule has 0 bridgehead atoms. The fourth-order valence-electron chi connectivity index (χ4n) is 7.14. The first-order valence-corrected chi connectivity index (χ1v) is 20.3. The van der Waals surface area contributed by atoms with E-state index < -0.39 is 0 Å². The average molecular weight is 767 g/mol. The first-order valence-electron chi connectivity index (χ1n) is 20.3. The second kappa shape index (κ2) is 18.9. The molecule has 2 aromatic heterocycles. The minimum absolute atomic E-state index is 0.881. The van der Waals surface area contributed by atoms with E-state index >= 15 is 0 Å². The van der Waals surface area contributed by atoms with Crippen LogP contribution in [0.25, 0.3) is 94.0 Å². The van der Waals surface area contributed by atoms with Gasteiger partial charge in [0, 0.05) is 21.5 Å². The third-order valence-electron chi connectivity index (χ3n) is 10.5. The summed E-state index contributed by atoms with van der Waals surface area (Å²) >= 11 is 0. The topological polar surface area (TPSA) is 26.3 Å². The molecule has 0 unspecified atom stereocenters. The van der Waals surface area contributed by atoms with Crippen LogP contribution in [-0.2, 0) is 0 Å². The predicted molar refractivity (Wildman–Crippen MR) is 257 cm³/mol. The van der Waals surface area contributed by atoms with E-state index in [4.69, 9.17) is 8.83 Å². The monoisotopic (exact) mass is 766 g/mol. The van der Waals surface area contributed by atoms with Crippen molar-refractivity contribution >= 4 is 49.5 Å². The summed E-state index contributed by atoms with van der Waals surface area (Å²) in [5.41, 5.74) is 15.1. The molecule has 0 aliphatic rings. The molecule has 0 atom stereocenters. The minimum atomic E-state index is 0.881. The molecule has 9 aromatic rings. The first kappa shape index (κ1) is 40.1. The van der Waals surface area contributed by atoms with Gasteiger partial charge in [0.2, 0.25) is 0 Å². The molecule has 2 heteroatoms. The zero-order chi connectivity index (χ0) is 41.1. The fourth-order valence-corrected chi connectivity index (χ4v) is 7.14. The molecular formula is C57H50O2. The van der Waals surface area contributed by atoms with Crippen molar-refractivity contribution in [1.29, 1.82) is 0 Å². The summed E-state index contributed by atoms with van der Waals surface area (Å²) in [6, 6.07) is 53.8. The molecular weight excluding hydrogens is 717 g/mol. The molecule has 0 aliphatic heterocycles. The Morgan fingerprint density at radius 1 is 0.373 bits per heavy atom. The standard InChI is InChI=1S/C49H34O2.2C4H8/c1-3-5-11-32(4-2)34-14-9-15-35(26-34)39-19-23-48-44(29-39)45-31-41(21-25-49(45)51-48)37-17-10-16-36(27-37)40-20-24-47-43(30-40)42-28-38(18-22-46(42)50-47)33-12-7-6-8-13-33;2*1-3-4-2/h3-31H,2H2,1H3;2*3-4H,1-2H3/b5-3-,32-11+;2*4-3-.